The smallest absolute Gasteiger partial charge is 0.124 e. The number of aliphatic hydroxyl groups is 1. The molecule has 0 radical (unpaired) electrons. The topological polar surface area (TPSA) is 23.5 Å². The highest BCUT2D eigenvalue weighted by molar-refractivity contribution is 5.41. The maximum Gasteiger partial charge on any atom is 0.124 e. The van der Waals surface area contributed by atoms with Crippen LogP contribution in [0.5, 0.6) is 0 Å². The van der Waals surface area contributed by atoms with E-state index in [0.717, 1.165) is 24.2 Å². The van der Waals surface area contributed by atoms with Gasteiger partial charge in [-0.15, -0.1) is 0 Å². The third-order valence-corrected chi connectivity index (χ3v) is 4.41. The molecule has 21 heavy (non-hydrogen) atoms. The summed E-state index contributed by atoms with van der Waals surface area (Å²) in [6.45, 7) is 6.51. The molecule has 2 unspecified atom stereocenters. The van der Waals surface area contributed by atoms with Gasteiger partial charge in [0.25, 0.3) is 0 Å². The molecule has 1 aromatic rings. The maximum atomic E-state index is 13.4. The summed E-state index contributed by atoms with van der Waals surface area (Å²) in [6.07, 6.45) is 2.93. The Morgan fingerprint density at radius 2 is 2.19 bits per heavy atom. The molecule has 0 aliphatic carbocycles. The molecule has 0 amide bonds. The molecule has 1 heterocycles. The van der Waals surface area contributed by atoms with E-state index >= 15 is 0 Å². The molecule has 1 saturated heterocycles. The minimum atomic E-state index is -0.257. The minimum absolute atomic E-state index is 0.0400. The normalized spacial score (nSPS) is 22.7. The van der Waals surface area contributed by atoms with Gasteiger partial charge in [0.1, 0.15) is 5.82 Å². The molecule has 0 spiro atoms. The van der Waals surface area contributed by atoms with E-state index in [0.29, 0.717) is 18.4 Å². The van der Waals surface area contributed by atoms with Crippen LogP contribution in [0.15, 0.2) is 18.2 Å². The first kappa shape index (κ1) is 16.0. The van der Waals surface area contributed by atoms with Crippen molar-refractivity contribution in [3.63, 3.8) is 0 Å². The number of hydrogen-bond donors (Lipinski definition) is 1. The second-order valence-electron chi connectivity index (χ2n) is 5.91. The summed E-state index contributed by atoms with van der Waals surface area (Å²) in [6, 6.07) is 5.38. The highest BCUT2D eigenvalue weighted by Crippen LogP contribution is 2.25. The quantitative estimate of drug-likeness (QED) is 0.864. The lowest BCUT2D eigenvalue weighted by Crippen LogP contribution is -2.41. The van der Waals surface area contributed by atoms with E-state index < -0.39 is 0 Å². The minimum Gasteiger partial charge on any atom is -0.395 e. The number of halogens is 1. The van der Waals surface area contributed by atoms with Crippen LogP contribution in [0, 0.1) is 23.6 Å². The summed E-state index contributed by atoms with van der Waals surface area (Å²) < 4.78 is 13.4. The number of benzene rings is 1. The molecule has 2 rings (SSSR count). The molecular formula is C18H24FNO. The maximum absolute atomic E-state index is 13.4. The highest BCUT2D eigenvalue weighted by Gasteiger charge is 2.24. The zero-order valence-electron chi connectivity index (χ0n) is 12.9. The van der Waals surface area contributed by atoms with E-state index in [-0.39, 0.29) is 12.4 Å². The standard InChI is InChI=1S/C18H24FNO/c1-14-6-5-10-20(15(14)2)13-17-8-9-18(19)12-16(17)7-3-4-11-21/h8-9,12,14-15,21H,4-6,10-11,13H2,1-2H3. The Kier molecular flexibility index (Phi) is 5.78. The third-order valence-electron chi connectivity index (χ3n) is 4.41. The van der Waals surface area contributed by atoms with E-state index in [2.05, 4.69) is 30.6 Å². The van der Waals surface area contributed by atoms with Crippen molar-refractivity contribution in [1.82, 2.24) is 4.90 Å². The summed E-state index contributed by atoms with van der Waals surface area (Å²) in [7, 11) is 0. The average Bonchev–Trinajstić information content (AvgIpc) is 2.46. The van der Waals surface area contributed by atoms with Gasteiger partial charge in [-0.1, -0.05) is 24.8 Å². The van der Waals surface area contributed by atoms with E-state index in [1.807, 2.05) is 6.07 Å². The van der Waals surface area contributed by atoms with Crippen LogP contribution in [0.3, 0.4) is 0 Å². The van der Waals surface area contributed by atoms with Crippen LogP contribution in [-0.4, -0.2) is 29.2 Å². The molecule has 1 fully saturated rings. The van der Waals surface area contributed by atoms with Crippen molar-refractivity contribution in [2.24, 2.45) is 5.92 Å². The highest BCUT2D eigenvalue weighted by atomic mass is 19.1. The SMILES string of the molecule is CC1CCCN(Cc2ccc(F)cc2C#CCCO)C1C. The first-order chi connectivity index (χ1) is 10.1. The van der Waals surface area contributed by atoms with Gasteiger partial charge < -0.3 is 5.11 Å². The van der Waals surface area contributed by atoms with Gasteiger partial charge in [0, 0.05) is 24.6 Å². The van der Waals surface area contributed by atoms with E-state index in [1.54, 1.807) is 0 Å². The number of likely N-dealkylation sites (tertiary alicyclic amines) is 1. The summed E-state index contributed by atoms with van der Waals surface area (Å²) >= 11 is 0. The summed E-state index contributed by atoms with van der Waals surface area (Å²) in [5.74, 6) is 6.33. The van der Waals surface area contributed by atoms with E-state index in [4.69, 9.17) is 5.11 Å². The fourth-order valence-electron chi connectivity index (χ4n) is 2.88. The lowest BCUT2D eigenvalue weighted by molar-refractivity contribution is 0.106. The number of rotatable bonds is 3. The molecule has 2 atom stereocenters. The summed E-state index contributed by atoms with van der Waals surface area (Å²) in [5, 5.41) is 8.81. The molecule has 1 N–H and O–H groups in total. The van der Waals surface area contributed by atoms with E-state index in [9.17, 15) is 4.39 Å². The lowest BCUT2D eigenvalue weighted by Gasteiger charge is -2.38. The van der Waals surface area contributed by atoms with Crippen molar-refractivity contribution in [1.29, 1.82) is 0 Å². The van der Waals surface area contributed by atoms with Crippen molar-refractivity contribution in [2.75, 3.05) is 13.2 Å². The van der Waals surface area contributed by atoms with Gasteiger partial charge in [-0.05, 0) is 49.9 Å². The van der Waals surface area contributed by atoms with Gasteiger partial charge in [-0.2, -0.15) is 0 Å². The van der Waals surface area contributed by atoms with Crippen LogP contribution in [0.4, 0.5) is 4.39 Å². The van der Waals surface area contributed by atoms with Crippen LogP contribution >= 0.6 is 0 Å². The Morgan fingerprint density at radius 1 is 1.38 bits per heavy atom. The van der Waals surface area contributed by atoms with Crippen LogP contribution < -0.4 is 0 Å². The largest absolute Gasteiger partial charge is 0.395 e. The van der Waals surface area contributed by atoms with Gasteiger partial charge in [0.15, 0.2) is 0 Å². The molecular weight excluding hydrogens is 265 g/mol. The van der Waals surface area contributed by atoms with Crippen molar-refractivity contribution in [3.05, 3.63) is 35.1 Å². The van der Waals surface area contributed by atoms with Gasteiger partial charge in [-0.3, -0.25) is 4.90 Å². The predicted octanol–water partition coefficient (Wildman–Crippen LogP) is 3.18. The van der Waals surface area contributed by atoms with Crippen LogP contribution in [0.1, 0.15) is 44.2 Å². The summed E-state index contributed by atoms with van der Waals surface area (Å²) in [5.41, 5.74) is 1.82. The number of aliphatic hydroxyl groups excluding tert-OH is 1. The second-order valence-corrected chi connectivity index (χ2v) is 5.91. The zero-order valence-corrected chi connectivity index (χ0v) is 12.9. The molecule has 0 bridgehead atoms. The predicted molar refractivity (Wildman–Crippen MR) is 83.3 cm³/mol. The molecule has 0 aromatic heterocycles. The average molecular weight is 289 g/mol. The molecule has 1 aliphatic rings. The fraction of sp³-hybridized carbons (Fsp3) is 0.556. The Morgan fingerprint density at radius 3 is 2.95 bits per heavy atom. The van der Waals surface area contributed by atoms with Gasteiger partial charge in [-0.25, -0.2) is 4.39 Å². The van der Waals surface area contributed by atoms with Crippen molar-refractivity contribution >= 4 is 0 Å². The Labute approximate surface area is 127 Å². The van der Waals surface area contributed by atoms with Crippen molar-refractivity contribution < 1.29 is 9.50 Å². The molecule has 114 valence electrons. The Bertz CT molecular complexity index is 532. The number of nitrogens with zero attached hydrogens (tertiary/aromatic N) is 1. The van der Waals surface area contributed by atoms with E-state index in [1.165, 1.54) is 25.0 Å². The third kappa shape index (κ3) is 4.30. The monoisotopic (exact) mass is 289 g/mol. The van der Waals surface area contributed by atoms with Crippen LogP contribution in [0.25, 0.3) is 0 Å². The number of hydrogen-bond acceptors (Lipinski definition) is 2. The van der Waals surface area contributed by atoms with Crippen LogP contribution in [-0.2, 0) is 6.54 Å². The molecule has 3 heteroatoms. The fourth-order valence-corrected chi connectivity index (χ4v) is 2.88. The zero-order chi connectivity index (χ0) is 15.2. The molecule has 1 aliphatic heterocycles. The summed E-state index contributed by atoms with van der Waals surface area (Å²) in [4.78, 5) is 2.46. The first-order valence-electron chi connectivity index (χ1n) is 7.74. The number of piperidine rings is 1. The first-order valence-corrected chi connectivity index (χ1v) is 7.74. The van der Waals surface area contributed by atoms with Crippen LogP contribution in [0.2, 0.25) is 0 Å². The van der Waals surface area contributed by atoms with Crippen molar-refractivity contribution in [2.45, 2.75) is 45.7 Å². The second kappa shape index (κ2) is 7.59. The van der Waals surface area contributed by atoms with Gasteiger partial charge in [0.05, 0.1) is 6.61 Å². The lowest BCUT2D eigenvalue weighted by atomic mass is 9.91. The molecule has 2 nitrogen and oxygen atoms in total. The Balaban J connectivity index is 2.17. The van der Waals surface area contributed by atoms with Gasteiger partial charge in [0.2, 0.25) is 0 Å². The molecule has 0 saturated carbocycles. The molecule has 1 aromatic carbocycles. The Hall–Kier alpha value is -1.37. The van der Waals surface area contributed by atoms with Gasteiger partial charge >= 0.3 is 0 Å². The van der Waals surface area contributed by atoms with Crippen molar-refractivity contribution in [3.8, 4) is 11.8 Å².